The molecule has 0 bridgehead atoms. The summed E-state index contributed by atoms with van der Waals surface area (Å²) in [4.78, 5) is 11.3. The highest BCUT2D eigenvalue weighted by molar-refractivity contribution is 7.80. The number of carbonyl (C=O) groups excluding carboxylic acids is 1. The third kappa shape index (κ3) is 7.61. The van der Waals surface area contributed by atoms with E-state index in [4.69, 9.17) is 26.4 Å². The average Bonchev–Trinajstić information content (AvgIpc) is 3.16. The molecule has 1 aromatic heterocycles. The fourth-order valence-corrected chi connectivity index (χ4v) is 2.89. The van der Waals surface area contributed by atoms with Crippen LogP contribution in [-0.4, -0.2) is 48.2 Å². The number of esters is 1. The van der Waals surface area contributed by atoms with Crippen molar-refractivity contribution < 1.29 is 19.0 Å². The molecular formula is C20H28N4O4S. The molecule has 0 unspecified atom stereocenters. The minimum Gasteiger partial charge on any atom is -0.493 e. The number of nitrogens with zero attached hydrogens (tertiary/aromatic N) is 2. The van der Waals surface area contributed by atoms with E-state index >= 15 is 0 Å². The Bertz CT molecular complexity index is 810. The standard InChI is InChI=1S/C20H28N4O4S/c1-4-28-19(25)6-5-10-21-20(29)23-16-13-22-24(14-16)11-9-15-7-8-17(26-2)18(12-15)27-3/h7-8,12-14H,4-6,9-11H2,1-3H3,(H2,21,23,29). The molecule has 0 saturated carbocycles. The van der Waals surface area contributed by atoms with Gasteiger partial charge in [-0.1, -0.05) is 6.07 Å². The van der Waals surface area contributed by atoms with Gasteiger partial charge in [0.25, 0.3) is 0 Å². The number of thiocarbonyl (C=S) groups is 1. The highest BCUT2D eigenvalue weighted by atomic mass is 32.1. The van der Waals surface area contributed by atoms with E-state index in [0.717, 1.165) is 24.2 Å². The SMILES string of the molecule is CCOC(=O)CCCNC(=S)Nc1cnn(CCc2ccc(OC)c(OC)c2)c1. The molecule has 158 valence electrons. The molecule has 9 heteroatoms. The Balaban J connectivity index is 1.75. The van der Waals surface area contributed by atoms with Crippen LogP contribution in [0.15, 0.2) is 30.6 Å². The quantitative estimate of drug-likeness (QED) is 0.326. The van der Waals surface area contributed by atoms with E-state index in [1.165, 1.54) is 0 Å². The van der Waals surface area contributed by atoms with E-state index in [-0.39, 0.29) is 5.97 Å². The summed E-state index contributed by atoms with van der Waals surface area (Å²) >= 11 is 5.27. The van der Waals surface area contributed by atoms with Gasteiger partial charge < -0.3 is 24.8 Å². The van der Waals surface area contributed by atoms with Crippen LogP contribution >= 0.6 is 12.2 Å². The fraction of sp³-hybridized carbons (Fsp3) is 0.450. The zero-order chi connectivity index (χ0) is 21.1. The summed E-state index contributed by atoms with van der Waals surface area (Å²) in [6, 6.07) is 5.88. The molecule has 0 aliphatic carbocycles. The average molecular weight is 421 g/mol. The van der Waals surface area contributed by atoms with E-state index in [1.54, 1.807) is 27.3 Å². The highest BCUT2D eigenvalue weighted by Crippen LogP contribution is 2.27. The van der Waals surface area contributed by atoms with Gasteiger partial charge in [-0.3, -0.25) is 9.48 Å². The Morgan fingerprint density at radius 2 is 2.03 bits per heavy atom. The van der Waals surface area contributed by atoms with Gasteiger partial charge in [-0.15, -0.1) is 0 Å². The van der Waals surface area contributed by atoms with Crippen LogP contribution in [0.1, 0.15) is 25.3 Å². The lowest BCUT2D eigenvalue weighted by Gasteiger charge is -2.10. The van der Waals surface area contributed by atoms with Crippen molar-refractivity contribution in [1.82, 2.24) is 15.1 Å². The molecule has 29 heavy (non-hydrogen) atoms. The van der Waals surface area contributed by atoms with Crippen LogP contribution in [0.5, 0.6) is 11.5 Å². The molecule has 0 radical (unpaired) electrons. The van der Waals surface area contributed by atoms with Gasteiger partial charge in [-0.05, 0) is 49.7 Å². The van der Waals surface area contributed by atoms with Crippen molar-refractivity contribution in [3.63, 3.8) is 0 Å². The van der Waals surface area contributed by atoms with Crippen LogP contribution in [0.25, 0.3) is 0 Å². The zero-order valence-electron chi connectivity index (χ0n) is 17.1. The van der Waals surface area contributed by atoms with Gasteiger partial charge >= 0.3 is 5.97 Å². The maximum absolute atomic E-state index is 11.3. The second-order valence-electron chi connectivity index (χ2n) is 6.22. The number of aromatic nitrogens is 2. The van der Waals surface area contributed by atoms with Crippen molar-refractivity contribution in [2.45, 2.75) is 32.7 Å². The number of ether oxygens (including phenoxy) is 3. The first-order chi connectivity index (χ1) is 14.0. The smallest absolute Gasteiger partial charge is 0.305 e. The maximum atomic E-state index is 11.3. The van der Waals surface area contributed by atoms with Crippen LogP contribution in [0.3, 0.4) is 0 Å². The monoisotopic (exact) mass is 420 g/mol. The van der Waals surface area contributed by atoms with Crippen molar-refractivity contribution in [1.29, 1.82) is 0 Å². The first kappa shape index (κ1) is 22.5. The Morgan fingerprint density at radius 1 is 1.24 bits per heavy atom. The minimum absolute atomic E-state index is 0.191. The lowest BCUT2D eigenvalue weighted by molar-refractivity contribution is -0.143. The first-order valence-electron chi connectivity index (χ1n) is 9.49. The van der Waals surface area contributed by atoms with Crippen LogP contribution in [0, 0.1) is 0 Å². The van der Waals surface area contributed by atoms with E-state index in [9.17, 15) is 4.79 Å². The van der Waals surface area contributed by atoms with E-state index < -0.39 is 0 Å². The number of methoxy groups -OCH3 is 2. The normalized spacial score (nSPS) is 10.3. The number of rotatable bonds is 11. The van der Waals surface area contributed by atoms with Crippen LogP contribution in [0.4, 0.5) is 5.69 Å². The number of hydrogen-bond donors (Lipinski definition) is 2. The predicted molar refractivity (Wildman–Crippen MR) is 116 cm³/mol. The molecule has 0 atom stereocenters. The molecule has 1 aromatic carbocycles. The largest absolute Gasteiger partial charge is 0.493 e. The van der Waals surface area contributed by atoms with E-state index in [0.29, 0.717) is 42.6 Å². The summed E-state index contributed by atoms with van der Waals surface area (Å²) in [7, 11) is 3.25. The maximum Gasteiger partial charge on any atom is 0.305 e. The third-order valence-electron chi connectivity index (χ3n) is 4.12. The summed E-state index contributed by atoms with van der Waals surface area (Å²) in [6.45, 7) is 3.51. The van der Waals surface area contributed by atoms with Gasteiger partial charge in [0.1, 0.15) is 0 Å². The number of hydrogen-bond acceptors (Lipinski definition) is 6. The minimum atomic E-state index is -0.191. The van der Waals surface area contributed by atoms with Gasteiger partial charge in [-0.2, -0.15) is 5.10 Å². The van der Waals surface area contributed by atoms with Crippen molar-refractivity contribution in [2.75, 3.05) is 32.7 Å². The second-order valence-corrected chi connectivity index (χ2v) is 6.63. The second kappa shape index (κ2) is 11.9. The van der Waals surface area contributed by atoms with Gasteiger partial charge in [0.2, 0.25) is 0 Å². The number of anilines is 1. The Labute approximate surface area is 176 Å². The number of carbonyl (C=O) groups is 1. The molecule has 2 N–H and O–H groups in total. The van der Waals surface area contributed by atoms with Crippen molar-refractivity contribution in [3.8, 4) is 11.5 Å². The third-order valence-corrected chi connectivity index (χ3v) is 4.36. The highest BCUT2D eigenvalue weighted by Gasteiger charge is 2.06. The number of nitrogens with one attached hydrogen (secondary N) is 2. The summed E-state index contributed by atoms with van der Waals surface area (Å²) in [6.07, 6.45) is 5.45. The first-order valence-corrected chi connectivity index (χ1v) is 9.90. The fourth-order valence-electron chi connectivity index (χ4n) is 2.67. The van der Waals surface area contributed by atoms with Crippen molar-refractivity contribution in [2.24, 2.45) is 0 Å². The molecule has 0 saturated heterocycles. The lowest BCUT2D eigenvalue weighted by atomic mass is 10.1. The lowest BCUT2D eigenvalue weighted by Crippen LogP contribution is -2.29. The molecule has 0 aliphatic heterocycles. The predicted octanol–water partition coefficient (Wildman–Crippen LogP) is 2.77. The molecule has 0 fully saturated rings. The molecule has 0 aliphatic rings. The molecule has 8 nitrogen and oxygen atoms in total. The Morgan fingerprint density at radius 3 is 2.76 bits per heavy atom. The Kier molecular flexibility index (Phi) is 9.23. The molecule has 0 spiro atoms. The van der Waals surface area contributed by atoms with E-state index in [2.05, 4.69) is 15.7 Å². The van der Waals surface area contributed by atoms with Gasteiger partial charge in [0.05, 0.1) is 32.7 Å². The number of aryl methyl sites for hydroxylation is 2. The van der Waals surface area contributed by atoms with Gasteiger partial charge in [0.15, 0.2) is 16.6 Å². The van der Waals surface area contributed by atoms with Crippen LogP contribution in [0.2, 0.25) is 0 Å². The van der Waals surface area contributed by atoms with Gasteiger partial charge in [0, 0.05) is 25.7 Å². The molecular weight excluding hydrogens is 392 g/mol. The van der Waals surface area contributed by atoms with Crippen molar-refractivity contribution >= 4 is 29.0 Å². The van der Waals surface area contributed by atoms with Crippen molar-refractivity contribution in [3.05, 3.63) is 36.2 Å². The molecule has 2 rings (SSSR count). The van der Waals surface area contributed by atoms with Gasteiger partial charge in [-0.25, -0.2) is 0 Å². The van der Waals surface area contributed by atoms with Crippen LogP contribution < -0.4 is 20.1 Å². The summed E-state index contributed by atoms with van der Waals surface area (Å²) in [5.41, 5.74) is 1.94. The topological polar surface area (TPSA) is 86.6 Å². The van der Waals surface area contributed by atoms with E-state index in [1.807, 2.05) is 29.1 Å². The summed E-state index contributed by atoms with van der Waals surface area (Å²) in [5.74, 6) is 1.24. The Hall–Kier alpha value is -2.81. The summed E-state index contributed by atoms with van der Waals surface area (Å²) in [5, 5.41) is 11.0. The summed E-state index contributed by atoms with van der Waals surface area (Å²) < 4.78 is 17.3. The zero-order valence-corrected chi connectivity index (χ0v) is 17.9. The number of benzene rings is 1. The van der Waals surface area contributed by atoms with Crippen LogP contribution in [-0.2, 0) is 22.5 Å². The molecule has 0 amide bonds. The molecule has 1 heterocycles. The molecule has 2 aromatic rings.